The Kier molecular flexibility index (Phi) is 2.06. The lowest BCUT2D eigenvalue weighted by Crippen LogP contribution is -2.26. The van der Waals surface area contributed by atoms with Crippen LogP contribution >= 0.6 is 0 Å². The molecule has 1 rings (SSSR count). The van der Waals surface area contributed by atoms with E-state index in [0.717, 1.165) is 6.61 Å². The highest BCUT2D eigenvalue weighted by atomic mass is 16.6. The summed E-state index contributed by atoms with van der Waals surface area (Å²) in [5.41, 5.74) is 0. The van der Waals surface area contributed by atoms with Crippen molar-refractivity contribution < 1.29 is 9.47 Å². The van der Waals surface area contributed by atoms with Crippen molar-refractivity contribution in [2.24, 2.45) is 0 Å². The summed E-state index contributed by atoms with van der Waals surface area (Å²) in [4.78, 5) is 0. The third-order valence-corrected chi connectivity index (χ3v) is 1.10. The van der Waals surface area contributed by atoms with Crippen LogP contribution in [0, 0.1) is 0 Å². The van der Waals surface area contributed by atoms with E-state index in [9.17, 15) is 0 Å². The molecule has 0 bridgehead atoms. The maximum absolute atomic E-state index is 5.18. The molecular formula is C6H10O2. The Hall–Kier alpha value is -0.340. The normalized spacial score (nSPS) is 29.8. The minimum Gasteiger partial charge on any atom is -0.376 e. The van der Waals surface area contributed by atoms with Gasteiger partial charge in [0.15, 0.2) is 0 Å². The summed E-state index contributed by atoms with van der Waals surface area (Å²) in [7, 11) is 0. The van der Waals surface area contributed by atoms with Crippen molar-refractivity contribution >= 4 is 0 Å². The minimum atomic E-state index is 0.128. The average Bonchev–Trinajstić information content (AvgIpc) is 1.90. The summed E-state index contributed by atoms with van der Waals surface area (Å²) in [6.45, 7) is 5.68. The van der Waals surface area contributed by atoms with E-state index < -0.39 is 0 Å². The summed E-state index contributed by atoms with van der Waals surface area (Å²) >= 11 is 0. The molecular weight excluding hydrogens is 104 g/mol. The van der Waals surface area contributed by atoms with E-state index in [0.29, 0.717) is 13.2 Å². The second kappa shape index (κ2) is 2.84. The van der Waals surface area contributed by atoms with Crippen molar-refractivity contribution in [3.8, 4) is 0 Å². The zero-order valence-electron chi connectivity index (χ0n) is 4.80. The maximum atomic E-state index is 5.18. The van der Waals surface area contributed by atoms with Gasteiger partial charge in [0, 0.05) is 0 Å². The van der Waals surface area contributed by atoms with Crippen molar-refractivity contribution in [2.45, 2.75) is 6.10 Å². The first kappa shape index (κ1) is 5.79. The number of rotatable bonds is 1. The molecule has 0 aliphatic carbocycles. The van der Waals surface area contributed by atoms with E-state index >= 15 is 0 Å². The molecule has 2 heteroatoms. The predicted octanol–water partition coefficient (Wildman–Crippen LogP) is 0.588. The molecule has 1 aliphatic heterocycles. The molecule has 1 atom stereocenters. The van der Waals surface area contributed by atoms with Crippen molar-refractivity contribution in [1.29, 1.82) is 0 Å². The van der Waals surface area contributed by atoms with Gasteiger partial charge in [0.2, 0.25) is 0 Å². The molecule has 0 aromatic carbocycles. The quantitative estimate of drug-likeness (QED) is 0.464. The van der Waals surface area contributed by atoms with Gasteiger partial charge in [0.25, 0.3) is 0 Å². The first-order valence-electron chi connectivity index (χ1n) is 2.75. The Morgan fingerprint density at radius 2 is 2.38 bits per heavy atom. The molecule has 2 nitrogen and oxygen atoms in total. The molecule has 0 saturated carbocycles. The summed E-state index contributed by atoms with van der Waals surface area (Å²) < 4.78 is 10.3. The fourth-order valence-electron chi connectivity index (χ4n) is 0.642. The lowest BCUT2D eigenvalue weighted by atomic mass is 10.3. The van der Waals surface area contributed by atoms with Gasteiger partial charge in [-0.05, 0) is 0 Å². The van der Waals surface area contributed by atoms with E-state index in [4.69, 9.17) is 9.47 Å². The minimum absolute atomic E-state index is 0.128. The maximum Gasteiger partial charge on any atom is 0.0987 e. The van der Waals surface area contributed by atoms with Crippen LogP contribution < -0.4 is 0 Å². The van der Waals surface area contributed by atoms with Crippen molar-refractivity contribution in [2.75, 3.05) is 19.8 Å². The Bertz CT molecular complexity index is 74.6. The van der Waals surface area contributed by atoms with Crippen molar-refractivity contribution in [1.82, 2.24) is 0 Å². The van der Waals surface area contributed by atoms with Gasteiger partial charge in [0.05, 0.1) is 25.9 Å². The predicted molar refractivity (Wildman–Crippen MR) is 30.8 cm³/mol. The summed E-state index contributed by atoms with van der Waals surface area (Å²) in [6.07, 6.45) is 1.89. The molecule has 46 valence electrons. The third-order valence-electron chi connectivity index (χ3n) is 1.10. The van der Waals surface area contributed by atoms with Crippen LogP contribution in [0.1, 0.15) is 0 Å². The van der Waals surface area contributed by atoms with Gasteiger partial charge >= 0.3 is 0 Å². The first-order chi connectivity index (χ1) is 3.93. The van der Waals surface area contributed by atoms with Crippen LogP contribution in [0.25, 0.3) is 0 Å². The molecule has 0 spiro atoms. The fraction of sp³-hybridized carbons (Fsp3) is 0.667. The third kappa shape index (κ3) is 1.32. The SMILES string of the molecule is C=CC1COCCO1. The average molecular weight is 114 g/mol. The standard InChI is InChI=1S/C6H10O2/c1-2-6-5-7-3-4-8-6/h2,6H,1,3-5H2. The summed E-state index contributed by atoms with van der Waals surface area (Å²) in [6, 6.07) is 0. The van der Waals surface area contributed by atoms with E-state index in [1.807, 2.05) is 0 Å². The van der Waals surface area contributed by atoms with Crippen LogP contribution in [0.15, 0.2) is 12.7 Å². The van der Waals surface area contributed by atoms with Crippen LogP contribution in [0.4, 0.5) is 0 Å². The highest BCUT2D eigenvalue weighted by Crippen LogP contribution is 1.99. The van der Waals surface area contributed by atoms with Crippen molar-refractivity contribution in [3.05, 3.63) is 12.7 Å². The van der Waals surface area contributed by atoms with Crippen molar-refractivity contribution in [3.63, 3.8) is 0 Å². The smallest absolute Gasteiger partial charge is 0.0987 e. The Morgan fingerprint density at radius 1 is 1.50 bits per heavy atom. The van der Waals surface area contributed by atoms with E-state index in [2.05, 4.69) is 6.58 Å². The Morgan fingerprint density at radius 3 is 2.75 bits per heavy atom. The van der Waals surface area contributed by atoms with Gasteiger partial charge in [-0.25, -0.2) is 0 Å². The number of hydrogen-bond donors (Lipinski definition) is 0. The second-order valence-corrected chi connectivity index (χ2v) is 1.72. The topological polar surface area (TPSA) is 18.5 Å². The Labute approximate surface area is 49.1 Å². The summed E-state index contributed by atoms with van der Waals surface area (Å²) in [5, 5.41) is 0. The monoisotopic (exact) mass is 114 g/mol. The first-order valence-corrected chi connectivity index (χ1v) is 2.75. The molecule has 1 fully saturated rings. The molecule has 0 amide bonds. The zero-order chi connectivity index (χ0) is 5.82. The highest BCUT2D eigenvalue weighted by Gasteiger charge is 2.08. The number of hydrogen-bond acceptors (Lipinski definition) is 2. The van der Waals surface area contributed by atoms with Crippen LogP contribution in [-0.2, 0) is 9.47 Å². The lowest BCUT2D eigenvalue weighted by molar-refractivity contribution is -0.0674. The molecule has 8 heavy (non-hydrogen) atoms. The van der Waals surface area contributed by atoms with E-state index in [-0.39, 0.29) is 6.10 Å². The molecule has 0 aromatic heterocycles. The fourth-order valence-corrected chi connectivity index (χ4v) is 0.642. The van der Waals surface area contributed by atoms with Gasteiger partial charge in [-0.15, -0.1) is 6.58 Å². The molecule has 0 radical (unpaired) electrons. The summed E-state index contributed by atoms with van der Waals surface area (Å²) in [5.74, 6) is 0. The molecule has 1 aliphatic rings. The highest BCUT2D eigenvalue weighted by molar-refractivity contribution is 4.80. The molecule has 0 aromatic rings. The van der Waals surface area contributed by atoms with Gasteiger partial charge in [0.1, 0.15) is 0 Å². The van der Waals surface area contributed by atoms with Crippen LogP contribution in [0.3, 0.4) is 0 Å². The molecule has 1 unspecified atom stereocenters. The van der Waals surface area contributed by atoms with Gasteiger partial charge in [-0.3, -0.25) is 0 Å². The molecule has 1 saturated heterocycles. The van der Waals surface area contributed by atoms with Gasteiger partial charge in [-0.2, -0.15) is 0 Å². The second-order valence-electron chi connectivity index (χ2n) is 1.72. The van der Waals surface area contributed by atoms with E-state index in [1.54, 1.807) is 6.08 Å². The van der Waals surface area contributed by atoms with Gasteiger partial charge < -0.3 is 9.47 Å². The Balaban J connectivity index is 2.22. The van der Waals surface area contributed by atoms with Crippen LogP contribution in [0.5, 0.6) is 0 Å². The van der Waals surface area contributed by atoms with Crippen LogP contribution in [0.2, 0.25) is 0 Å². The largest absolute Gasteiger partial charge is 0.376 e. The van der Waals surface area contributed by atoms with Crippen LogP contribution in [-0.4, -0.2) is 25.9 Å². The lowest BCUT2D eigenvalue weighted by Gasteiger charge is -2.19. The zero-order valence-corrected chi connectivity index (χ0v) is 4.80. The number of ether oxygens (including phenoxy) is 2. The van der Waals surface area contributed by atoms with E-state index in [1.165, 1.54) is 0 Å². The molecule has 0 N–H and O–H groups in total. The van der Waals surface area contributed by atoms with Gasteiger partial charge in [-0.1, -0.05) is 6.08 Å². The molecule has 1 heterocycles.